The highest BCUT2D eigenvalue weighted by atomic mass is 32.1. The van der Waals surface area contributed by atoms with Crippen molar-refractivity contribution in [2.75, 3.05) is 18.6 Å². The molecule has 7 nitrogen and oxygen atoms in total. The van der Waals surface area contributed by atoms with Gasteiger partial charge >= 0.3 is 0 Å². The van der Waals surface area contributed by atoms with Crippen LogP contribution in [0.1, 0.15) is 24.5 Å². The van der Waals surface area contributed by atoms with E-state index in [2.05, 4.69) is 31.9 Å². The Balaban J connectivity index is 1.90. The lowest BCUT2D eigenvalue weighted by atomic mass is 10.3. The smallest absolute Gasteiger partial charge is 0.246 e. The summed E-state index contributed by atoms with van der Waals surface area (Å²) in [5, 5.41) is 6.97. The van der Waals surface area contributed by atoms with Crippen molar-refractivity contribution in [2.24, 2.45) is 0 Å². The lowest BCUT2D eigenvalue weighted by molar-refractivity contribution is 0.174. The molecule has 0 aliphatic carbocycles. The molecule has 0 atom stereocenters. The number of rotatable bonds is 6. The maximum Gasteiger partial charge on any atom is 0.246 e. The summed E-state index contributed by atoms with van der Waals surface area (Å²) in [6.07, 6.45) is 0. The molecule has 0 aromatic carbocycles. The first-order valence-electron chi connectivity index (χ1n) is 6.98. The molecule has 0 amide bonds. The highest BCUT2D eigenvalue weighted by Crippen LogP contribution is 2.28. The van der Waals surface area contributed by atoms with Crippen LogP contribution in [0.3, 0.4) is 0 Å². The van der Waals surface area contributed by atoms with E-state index in [1.807, 2.05) is 18.4 Å². The van der Waals surface area contributed by atoms with Crippen LogP contribution < -0.4 is 4.90 Å². The van der Waals surface area contributed by atoms with E-state index in [1.165, 1.54) is 0 Å². The van der Waals surface area contributed by atoms with Gasteiger partial charge in [0.25, 0.3) is 0 Å². The van der Waals surface area contributed by atoms with E-state index >= 15 is 0 Å². The number of fused-ring (bicyclic) bond motifs is 1. The SMILES string of the molecule is CCN(Cc1nc(COC)no1)c1nc(C)nc2sccc12. The topological polar surface area (TPSA) is 77.2 Å². The molecule has 3 heterocycles. The van der Waals surface area contributed by atoms with Crippen molar-refractivity contribution in [1.82, 2.24) is 20.1 Å². The first-order valence-corrected chi connectivity index (χ1v) is 7.86. The van der Waals surface area contributed by atoms with Crippen molar-refractivity contribution in [3.63, 3.8) is 0 Å². The van der Waals surface area contributed by atoms with Crippen LogP contribution >= 0.6 is 11.3 Å². The first-order chi connectivity index (χ1) is 10.7. The Morgan fingerprint density at radius 3 is 2.95 bits per heavy atom. The van der Waals surface area contributed by atoms with Crippen molar-refractivity contribution < 1.29 is 9.26 Å². The Hall–Kier alpha value is -2.06. The van der Waals surface area contributed by atoms with E-state index < -0.39 is 0 Å². The number of ether oxygens (including phenoxy) is 1. The van der Waals surface area contributed by atoms with Crippen molar-refractivity contribution in [3.8, 4) is 0 Å². The molecule has 0 unspecified atom stereocenters. The minimum Gasteiger partial charge on any atom is -0.377 e. The van der Waals surface area contributed by atoms with Crippen LogP contribution in [0.4, 0.5) is 5.82 Å². The van der Waals surface area contributed by atoms with Gasteiger partial charge in [0.1, 0.15) is 23.1 Å². The molecule has 0 aliphatic heterocycles. The molecular formula is C14H17N5O2S. The van der Waals surface area contributed by atoms with Crippen LogP contribution in [0.25, 0.3) is 10.2 Å². The number of aromatic nitrogens is 4. The quantitative estimate of drug-likeness (QED) is 0.691. The monoisotopic (exact) mass is 319 g/mol. The molecule has 3 aromatic rings. The predicted octanol–water partition coefficient (Wildman–Crippen LogP) is 2.56. The summed E-state index contributed by atoms with van der Waals surface area (Å²) < 4.78 is 10.3. The number of hydrogen-bond donors (Lipinski definition) is 0. The molecule has 0 aliphatic rings. The van der Waals surface area contributed by atoms with Crippen LogP contribution in [-0.2, 0) is 17.9 Å². The van der Waals surface area contributed by atoms with Crippen molar-refractivity contribution in [1.29, 1.82) is 0 Å². The van der Waals surface area contributed by atoms with E-state index in [0.717, 1.165) is 28.4 Å². The second-order valence-electron chi connectivity index (χ2n) is 4.79. The summed E-state index contributed by atoms with van der Waals surface area (Å²) in [7, 11) is 1.60. The molecule has 3 rings (SSSR count). The van der Waals surface area contributed by atoms with E-state index in [9.17, 15) is 0 Å². The van der Waals surface area contributed by atoms with Crippen LogP contribution in [0.15, 0.2) is 16.0 Å². The molecule has 3 aromatic heterocycles. The lowest BCUT2D eigenvalue weighted by Gasteiger charge is -2.20. The molecule has 0 fully saturated rings. The van der Waals surface area contributed by atoms with Crippen molar-refractivity contribution >= 4 is 27.4 Å². The summed E-state index contributed by atoms with van der Waals surface area (Å²) in [5.41, 5.74) is 0. The fourth-order valence-corrected chi connectivity index (χ4v) is 3.03. The molecule has 0 saturated heterocycles. The molecule has 116 valence electrons. The average molecular weight is 319 g/mol. The third kappa shape index (κ3) is 2.93. The first kappa shape index (κ1) is 14.9. The highest BCUT2D eigenvalue weighted by molar-refractivity contribution is 7.16. The minimum absolute atomic E-state index is 0.344. The molecule has 0 bridgehead atoms. The summed E-state index contributed by atoms with van der Waals surface area (Å²) in [5.74, 6) is 2.76. The van der Waals surface area contributed by atoms with Gasteiger partial charge in [0.15, 0.2) is 5.82 Å². The van der Waals surface area contributed by atoms with Gasteiger partial charge in [-0.1, -0.05) is 5.16 Å². The van der Waals surface area contributed by atoms with E-state index in [4.69, 9.17) is 9.26 Å². The Morgan fingerprint density at radius 2 is 2.18 bits per heavy atom. The molecule has 0 spiro atoms. The second-order valence-corrected chi connectivity index (χ2v) is 5.68. The summed E-state index contributed by atoms with van der Waals surface area (Å²) in [6.45, 7) is 5.61. The van der Waals surface area contributed by atoms with Gasteiger partial charge in [0.05, 0.1) is 11.9 Å². The molecule has 22 heavy (non-hydrogen) atoms. The average Bonchev–Trinajstić information content (AvgIpc) is 3.13. The number of nitrogens with zero attached hydrogens (tertiary/aromatic N) is 5. The Morgan fingerprint density at radius 1 is 1.32 bits per heavy atom. The zero-order valence-corrected chi connectivity index (χ0v) is 13.6. The van der Waals surface area contributed by atoms with E-state index in [0.29, 0.717) is 24.9 Å². The van der Waals surface area contributed by atoms with Gasteiger partial charge in [-0.3, -0.25) is 0 Å². The third-order valence-corrected chi connectivity index (χ3v) is 4.01. The largest absolute Gasteiger partial charge is 0.377 e. The number of methoxy groups -OCH3 is 1. The Bertz CT molecular complexity index is 770. The lowest BCUT2D eigenvalue weighted by Crippen LogP contribution is -2.24. The summed E-state index contributed by atoms with van der Waals surface area (Å²) in [4.78, 5) is 16.5. The fraction of sp³-hybridized carbons (Fsp3) is 0.429. The van der Waals surface area contributed by atoms with Crippen molar-refractivity contribution in [2.45, 2.75) is 27.0 Å². The second kappa shape index (κ2) is 6.37. The number of thiophene rings is 1. The summed E-state index contributed by atoms with van der Waals surface area (Å²) >= 11 is 1.61. The normalized spacial score (nSPS) is 11.2. The maximum absolute atomic E-state index is 5.27. The van der Waals surface area contributed by atoms with Gasteiger partial charge in [-0.15, -0.1) is 11.3 Å². The van der Waals surface area contributed by atoms with Crippen molar-refractivity contribution in [3.05, 3.63) is 29.0 Å². The molecule has 0 radical (unpaired) electrons. The standard InChI is InChI=1S/C14H17N5O2S/c1-4-19(7-12-17-11(8-20-3)18-21-12)13-10-5-6-22-14(10)16-9(2)15-13/h5-6H,4,7-8H2,1-3H3. The Labute approximate surface area is 131 Å². The zero-order chi connectivity index (χ0) is 15.5. The number of anilines is 1. The van der Waals surface area contributed by atoms with Crippen LogP contribution in [-0.4, -0.2) is 33.8 Å². The van der Waals surface area contributed by atoms with Gasteiger partial charge < -0.3 is 14.2 Å². The van der Waals surface area contributed by atoms with Gasteiger partial charge in [-0.25, -0.2) is 9.97 Å². The molecule has 0 saturated carbocycles. The highest BCUT2D eigenvalue weighted by Gasteiger charge is 2.16. The van der Waals surface area contributed by atoms with E-state index in [-0.39, 0.29) is 0 Å². The molecule has 8 heteroatoms. The fourth-order valence-electron chi connectivity index (χ4n) is 2.23. The zero-order valence-electron chi connectivity index (χ0n) is 12.7. The van der Waals surface area contributed by atoms with Crippen LogP contribution in [0, 0.1) is 6.92 Å². The predicted molar refractivity (Wildman–Crippen MR) is 83.9 cm³/mol. The number of aryl methyl sites for hydroxylation is 1. The Kier molecular flexibility index (Phi) is 4.30. The van der Waals surface area contributed by atoms with Gasteiger partial charge in [-0.05, 0) is 25.3 Å². The van der Waals surface area contributed by atoms with Gasteiger partial charge in [0.2, 0.25) is 5.89 Å². The number of hydrogen-bond acceptors (Lipinski definition) is 8. The van der Waals surface area contributed by atoms with Gasteiger partial charge in [0, 0.05) is 13.7 Å². The van der Waals surface area contributed by atoms with Gasteiger partial charge in [-0.2, -0.15) is 4.98 Å². The molecule has 0 N–H and O–H groups in total. The molecular weight excluding hydrogens is 302 g/mol. The van der Waals surface area contributed by atoms with Crippen LogP contribution in [0.2, 0.25) is 0 Å². The summed E-state index contributed by atoms with van der Waals surface area (Å²) in [6, 6.07) is 2.04. The minimum atomic E-state index is 0.344. The van der Waals surface area contributed by atoms with Crippen LogP contribution in [0.5, 0.6) is 0 Å². The third-order valence-electron chi connectivity index (χ3n) is 3.21. The maximum atomic E-state index is 5.27. The van der Waals surface area contributed by atoms with E-state index in [1.54, 1.807) is 18.4 Å².